The van der Waals surface area contributed by atoms with Gasteiger partial charge in [0.2, 0.25) is 5.78 Å². The zero-order valence-electron chi connectivity index (χ0n) is 21.9. The average molecular weight is 552 g/mol. The van der Waals surface area contributed by atoms with Gasteiger partial charge in [0.25, 0.3) is 5.91 Å². The molecule has 1 aromatic rings. The van der Waals surface area contributed by atoms with Gasteiger partial charge in [-0.2, -0.15) is 13.2 Å². The number of carbonyl (C=O) groups excluding carboxylic acids is 3. The Morgan fingerprint density at radius 1 is 1.13 bits per heavy atom. The van der Waals surface area contributed by atoms with Crippen molar-refractivity contribution < 1.29 is 48.0 Å². The molecule has 3 aliphatic rings. The number of halogens is 3. The first-order valence-corrected chi connectivity index (χ1v) is 12.9. The first kappa shape index (κ1) is 28.7. The number of alkyl halides is 3. The topological polar surface area (TPSA) is 158 Å². The number of aryl methyl sites for hydroxylation is 1. The van der Waals surface area contributed by atoms with Crippen LogP contribution >= 0.6 is 0 Å². The number of hydrogen-bond acceptors (Lipinski definition) is 7. The number of phenolic OH excluding ortho intramolecular Hbond substituents is 1. The number of fused-ring (bicyclic) bond motifs is 3. The third kappa shape index (κ3) is 4.60. The van der Waals surface area contributed by atoms with Crippen molar-refractivity contribution in [3.8, 4) is 5.75 Å². The molecule has 8 nitrogen and oxygen atoms in total. The smallest absolute Gasteiger partial charge is 0.389 e. The summed E-state index contributed by atoms with van der Waals surface area (Å²) in [4.78, 5) is 37.9. The van der Waals surface area contributed by atoms with Crippen LogP contribution in [0.1, 0.15) is 62.3 Å². The normalized spacial score (nSPS) is 26.6. The molecule has 0 saturated heterocycles. The molecule has 0 bridgehead atoms. The molecule has 2 unspecified atom stereocenters. The monoisotopic (exact) mass is 551 g/mol. The highest BCUT2D eigenvalue weighted by Gasteiger charge is 2.60. The van der Waals surface area contributed by atoms with Crippen molar-refractivity contribution in [1.29, 1.82) is 0 Å². The lowest BCUT2D eigenvalue weighted by Crippen LogP contribution is -2.58. The van der Waals surface area contributed by atoms with Crippen molar-refractivity contribution >= 4 is 23.2 Å². The second-order valence-electron chi connectivity index (χ2n) is 11.1. The highest BCUT2D eigenvalue weighted by Crippen LogP contribution is 2.53. The quantitative estimate of drug-likeness (QED) is 0.337. The van der Waals surface area contributed by atoms with Gasteiger partial charge in [-0.05, 0) is 60.1 Å². The zero-order valence-corrected chi connectivity index (χ0v) is 21.9. The van der Waals surface area contributed by atoms with Gasteiger partial charge in [-0.25, -0.2) is 0 Å². The number of benzene rings is 1. The van der Waals surface area contributed by atoms with Crippen LogP contribution in [0.15, 0.2) is 23.0 Å². The number of primary amides is 1. The number of amides is 1. The van der Waals surface area contributed by atoms with Gasteiger partial charge in [0, 0.05) is 24.3 Å². The molecule has 6 N–H and O–H groups in total. The Bertz CT molecular complexity index is 1330. The van der Waals surface area contributed by atoms with Gasteiger partial charge < -0.3 is 26.2 Å². The Hall–Kier alpha value is -3.34. The van der Waals surface area contributed by atoms with Gasteiger partial charge in [0.15, 0.2) is 11.4 Å². The molecule has 39 heavy (non-hydrogen) atoms. The first-order valence-electron chi connectivity index (χ1n) is 12.9. The molecule has 0 radical (unpaired) electrons. The van der Waals surface area contributed by atoms with Crippen LogP contribution in [-0.2, 0) is 33.6 Å². The molecule has 1 saturated carbocycles. The number of Topliss-reactive ketones (excluding diaryl/α,β-unsaturated/α-hetero) is 2. The molecule has 4 rings (SSSR count). The number of aliphatic hydroxyl groups is 3. The minimum atomic E-state index is -4.34. The molecule has 1 amide bonds. The van der Waals surface area contributed by atoms with Crippen LogP contribution in [-0.4, -0.2) is 49.7 Å². The number of carbonyl (C=O) groups is 3. The van der Waals surface area contributed by atoms with E-state index in [-0.39, 0.29) is 36.1 Å². The van der Waals surface area contributed by atoms with Crippen molar-refractivity contribution in [3.05, 3.63) is 45.2 Å². The van der Waals surface area contributed by atoms with Crippen molar-refractivity contribution in [1.82, 2.24) is 0 Å². The fourth-order valence-corrected chi connectivity index (χ4v) is 6.41. The van der Waals surface area contributed by atoms with Crippen LogP contribution in [0.2, 0.25) is 0 Å². The summed E-state index contributed by atoms with van der Waals surface area (Å²) >= 11 is 0. The summed E-state index contributed by atoms with van der Waals surface area (Å²) in [5.74, 6) is -8.21. The fourth-order valence-electron chi connectivity index (χ4n) is 6.41. The second-order valence-corrected chi connectivity index (χ2v) is 11.1. The molecule has 1 fully saturated rings. The Morgan fingerprint density at radius 2 is 1.77 bits per heavy atom. The number of ketones is 2. The maximum atomic E-state index is 13.7. The van der Waals surface area contributed by atoms with E-state index >= 15 is 0 Å². The molecule has 212 valence electrons. The SMILES string of the molecule is CCc1cc(CC(C)C(C)CC(F)(F)F)c(O)c2c1C[C@H]1C[C@H]3CC(=O)C(C(N)=O)=C(O)[C@@]3(O)C(=O)C1=C2O. The molecular weight excluding hydrogens is 519 g/mol. The van der Waals surface area contributed by atoms with Crippen molar-refractivity contribution in [3.63, 3.8) is 0 Å². The number of nitrogens with two attached hydrogens (primary N) is 1. The summed E-state index contributed by atoms with van der Waals surface area (Å²) in [6.07, 6.45) is -4.95. The largest absolute Gasteiger partial charge is 0.508 e. The van der Waals surface area contributed by atoms with E-state index in [1.807, 2.05) is 6.92 Å². The molecule has 1 aromatic carbocycles. The van der Waals surface area contributed by atoms with Gasteiger partial charge in [0.05, 0.1) is 5.56 Å². The summed E-state index contributed by atoms with van der Waals surface area (Å²) in [5, 5.41) is 44.6. The van der Waals surface area contributed by atoms with Gasteiger partial charge >= 0.3 is 6.18 Å². The minimum absolute atomic E-state index is 0.0283. The predicted octanol–water partition coefficient (Wildman–Crippen LogP) is 3.75. The zero-order chi connectivity index (χ0) is 29.2. The lowest BCUT2D eigenvalue weighted by atomic mass is 9.59. The predicted molar refractivity (Wildman–Crippen MR) is 133 cm³/mol. The third-order valence-electron chi connectivity index (χ3n) is 8.68. The Balaban J connectivity index is 1.82. The van der Waals surface area contributed by atoms with E-state index < -0.39 is 82.9 Å². The molecule has 0 aliphatic heterocycles. The number of phenols is 1. The van der Waals surface area contributed by atoms with E-state index in [0.717, 1.165) is 5.56 Å². The van der Waals surface area contributed by atoms with Gasteiger partial charge in [-0.15, -0.1) is 0 Å². The van der Waals surface area contributed by atoms with Crippen LogP contribution < -0.4 is 5.73 Å². The molecule has 0 heterocycles. The summed E-state index contributed by atoms with van der Waals surface area (Å²) < 4.78 is 38.8. The molecular formula is C28H32F3NO7. The van der Waals surface area contributed by atoms with E-state index in [1.54, 1.807) is 13.0 Å². The van der Waals surface area contributed by atoms with Crippen LogP contribution in [0.4, 0.5) is 13.2 Å². The molecule has 3 aliphatic carbocycles. The average Bonchev–Trinajstić information content (AvgIpc) is 2.81. The first-order chi connectivity index (χ1) is 18.0. The second kappa shape index (κ2) is 9.69. The van der Waals surface area contributed by atoms with Crippen LogP contribution in [0.3, 0.4) is 0 Å². The van der Waals surface area contributed by atoms with E-state index in [0.29, 0.717) is 17.5 Å². The Labute approximate surface area is 223 Å². The summed E-state index contributed by atoms with van der Waals surface area (Å²) in [7, 11) is 0. The van der Waals surface area contributed by atoms with Gasteiger partial charge in [-0.3, -0.25) is 14.4 Å². The lowest BCUT2D eigenvalue weighted by molar-refractivity contribution is -0.148. The van der Waals surface area contributed by atoms with E-state index in [1.165, 1.54) is 6.92 Å². The van der Waals surface area contributed by atoms with Crippen LogP contribution in [0, 0.1) is 23.7 Å². The fraction of sp³-hybridized carbons (Fsp3) is 0.536. The maximum absolute atomic E-state index is 13.7. The molecule has 5 atom stereocenters. The van der Waals surface area contributed by atoms with Gasteiger partial charge in [0.1, 0.15) is 22.8 Å². The number of aliphatic hydroxyl groups excluding tert-OH is 2. The highest BCUT2D eigenvalue weighted by atomic mass is 19.4. The molecule has 11 heteroatoms. The summed E-state index contributed by atoms with van der Waals surface area (Å²) in [6, 6.07) is 1.71. The number of hydrogen-bond donors (Lipinski definition) is 5. The van der Waals surface area contributed by atoms with Crippen LogP contribution in [0.25, 0.3) is 5.76 Å². The van der Waals surface area contributed by atoms with Gasteiger partial charge in [-0.1, -0.05) is 26.8 Å². The minimum Gasteiger partial charge on any atom is -0.508 e. The number of rotatable bonds is 6. The van der Waals surface area contributed by atoms with Crippen molar-refractivity contribution in [2.45, 2.75) is 71.1 Å². The van der Waals surface area contributed by atoms with E-state index in [9.17, 15) is 48.0 Å². The number of aromatic hydroxyl groups is 1. The molecule has 0 aromatic heterocycles. The standard InChI is InChI=1S/C28H32F3NO7/c1-4-13-6-15(5-11(2)12(3)10-27(29,30)31)22(34)20-17(13)8-14-7-16-9-18(33)21(26(32)38)25(37)28(16,39)24(36)19(14)23(20)35/h6,11-12,14,16,34-35,37,39H,4-5,7-10H2,1-3H3,(H2,32,38)/t11?,12?,14-,16+,28+/m1/s1. The lowest BCUT2D eigenvalue weighted by Gasteiger charge is -2.46. The third-order valence-corrected chi connectivity index (χ3v) is 8.68. The summed E-state index contributed by atoms with van der Waals surface area (Å²) in [5.41, 5.74) is 3.03. The molecule has 0 spiro atoms. The van der Waals surface area contributed by atoms with Crippen molar-refractivity contribution in [2.24, 2.45) is 29.4 Å². The van der Waals surface area contributed by atoms with E-state index in [4.69, 9.17) is 5.73 Å². The van der Waals surface area contributed by atoms with Crippen LogP contribution in [0.5, 0.6) is 5.75 Å². The van der Waals surface area contributed by atoms with E-state index in [2.05, 4.69) is 0 Å². The Kier molecular flexibility index (Phi) is 7.12. The summed E-state index contributed by atoms with van der Waals surface area (Å²) in [6.45, 7) is 4.97. The van der Waals surface area contributed by atoms with Crippen molar-refractivity contribution in [2.75, 3.05) is 0 Å². The highest BCUT2D eigenvalue weighted by molar-refractivity contribution is 6.22. The maximum Gasteiger partial charge on any atom is 0.389 e. The Morgan fingerprint density at radius 3 is 2.33 bits per heavy atom.